The van der Waals surface area contributed by atoms with E-state index in [1.807, 2.05) is 13.8 Å². The van der Waals surface area contributed by atoms with Gasteiger partial charge in [0.25, 0.3) is 17.0 Å². The topological polar surface area (TPSA) is 173 Å². The zero-order valence-electron chi connectivity index (χ0n) is 19.6. The van der Waals surface area contributed by atoms with Crippen LogP contribution in [0.1, 0.15) is 38.8 Å². The summed E-state index contributed by atoms with van der Waals surface area (Å²) in [5.74, 6) is -1.53. The van der Waals surface area contributed by atoms with E-state index in [1.165, 1.54) is 4.57 Å². The van der Waals surface area contributed by atoms with Crippen molar-refractivity contribution in [2.45, 2.75) is 46.1 Å². The van der Waals surface area contributed by atoms with Crippen molar-refractivity contribution >= 4 is 34.2 Å². The number of nitrogens with two attached hydrogens (primary N) is 1. The van der Waals surface area contributed by atoms with E-state index in [0.29, 0.717) is 29.3 Å². The van der Waals surface area contributed by atoms with Crippen molar-refractivity contribution in [3.8, 4) is 0 Å². The molecule has 3 aromatic rings. The van der Waals surface area contributed by atoms with Crippen LogP contribution in [-0.2, 0) is 27.3 Å². The standard InChI is InChI=1S/C23H28N6O6/c1-3-5-11-28(19-20(24)29(10-4-2)23(34)25-22(19)33)17(30)13-35-18(31)12-16-14-8-6-7-9-15(14)21(32)27-26-16/h6-9H,3-5,10-13,24H2,1-2H3,(H,27,32)(H,25,33,34). The number of carbonyl (C=O) groups excluding carboxylic acids is 2. The molecule has 0 atom stereocenters. The van der Waals surface area contributed by atoms with E-state index in [0.717, 1.165) is 11.3 Å². The molecule has 0 fully saturated rings. The molecule has 0 aliphatic heterocycles. The third-order valence-electron chi connectivity index (χ3n) is 5.41. The second-order valence-electron chi connectivity index (χ2n) is 7.93. The summed E-state index contributed by atoms with van der Waals surface area (Å²) in [5.41, 5.74) is 4.42. The number of benzene rings is 1. The first-order valence-corrected chi connectivity index (χ1v) is 11.3. The van der Waals surface area contributed by atoms with E-state index in [1.54, 1.807) is 24.3 Å². The molecule has 0 saturated heterocycles. The zero-order chi connectivity index (χ0) is 25.5. The Morgan fingerprint density at radius 3 is 2.49 bits per heavy atom. The van der Waals surface area contributed by atoms with Crippen LogP contribution in [0, 0.1) is 0 Å². The minimum absolute atomic E-state index is 0.125. The van der Waals surface area contributed by atoms with Crippen molar-refractivity contribution in [1.29, 1.82) is 0 Å². The van der Waals surface area contributed by atoms with Crippen LogP contribution in [0.25, 0.3) is 10.8 Å². The number of aromatic nitrogens is 4. The van der Waals surface area contributed by atoms with Gasteiger partial charge in [-0.1, -0.05) is 38.5 Å². The summed E-state index contributed by atoms with van der Waals surface area (Å²) < 4.78 is 6.36. The van der Waals surface area contributed by atoms with Gasteiger partial charge < -0.3 is 15.4 Å². The van der Waals surface area contributed by atoms with E-state index < -0.39 is 29.7 Å². The SMILES string of the molecule is CCCCN(C(=O)COC(=O)Cc1n[nH]c(=O)c2ccccc12)c1c(N)n(CCC)c(=O)[nH]c1=O. The quantitative estimate of drug-likeness (QED) is 0.352. The third kappa shape index (κ3) is 5.65. The van der Waals surface area contributed by atoms with E-state index in [2.05, 4.69) is 15.2 Å². The summed E-state index contributed by atoms with van der Waals surface area (Å²) in [6, 6.07) is 6.69. The highest BCUT2D eigenvalue weighted by molar-refractivity contribution is 5.97. The van der Waals surface area contributed by atoms with Gasteiger partial charge in [0, 0.05) is 18.5 Å². The third-order valence-corrected chi connectivity index (χ3v) is 5.41. The summed E-state index contributed by atoms with van der Waals surface area (Å²) in [6.45, 7) is 3.53. The van der Waals surface area contributed by atoms with Crippen LogP contribution in [0.5, 0.6) is 0 Å². The fourth-order valence-corrected chi connectivity index (χ4v) is 3.68. The number of H-pyrrole nitrogens is 2. The summed E-state index contributed by atoms with van der Waals surface area (Å²) in [5, 5.41) is 7.15. The Morgan fingerprint density at radius 2 is 1.80 bits per heavy atom. The number of esters is 1. The van der Waals surface area contributed by atoms with Gasteiger partial charge in [0.05, 0.1) is 17.5 Å². The Hall–Kier alpha value is -4.22. The van der Waals surface area contributed by atoms with Crippen molar-refractivity contribution in [1.82, 2.24) is 19.7 Å². The maximum atomic E-state index is 13.0. The van der Waals surface area contributed by atoms with Crippen LogP contribution in [0.4, 0.5) is 11.5 Å². The monoisotopic (exact) mass is 484 g/mol. The largest absolute Gasteiger partial charge is 0.455 e. The molecule has 2 aromatic heterocycles. The molecule has 0 aliphatic rings. The van der Waals surface area contributed by atoms with E-state index in [-0.39, 0.29) is 36.6 Å². The molecule has 4 N–H and O–H groups in total. The number of unbranched alkanes of at least 4 members (excludes halogenated alkanes) is 1. The van der Waals surface area contributed by atoms with Crippen LogP contribution in [0.3, 0.4) is 0 Å². The second kappa shape index (κ2) is 11.3. The van der Waals surface area contributed by atoms with Crippen molar-refractivity contribution in [3.63, 3.8) is 0 Å². The first-order valence-electron chi connectivity index (χ1n) is 11.3. The predicted octanol–water partition coefficient (Wildman–Crippen LogP) is 0.684. The number of nitrogens with one attached hydrogen (secondary N) is 2. The van der Waals surface area contributed by atoms with Crippen molar-refractivity contribution in [3.05, 3.63) is 61.2 Å². The van der Waals surface area contributed by atoms with Gasteiger partial charge in [0.2, 0.25) is 0 Å². The Labute approximate surface area is 199 Å². The molecular formula is C23H28N6O6. The van der Waals surface area contributed by atoms with Gasteiger partial charge in [0.15, 0.2) is 12.3 Å². The van der Waals surface area contributed by atoms with Gasteiger partial charge in [-0.25, -0.2) is 9.89 Å². The number of carbonyl (C=O) groups is 2. The Kier molecular flexibility index (Phi) is 8.18. The first-order chi connectivity index (χ1) is 16.8. The molecule has 0 radical (unpaired) electrons. The Bertz CT molecular complexity index is 1410. The highest BCUT2D eigenvalue weighted by Gasteiger charge is 2.25. The normalized spacial score (nSPS) is 10.9. The lowest BCUT2D eigenvalue weighted by Crippen LogP contribution is -2.43. The molecule has 1 amide bonds. The lowest BCUT2D eigenvalue weighted by atomic mass is 10.1. The van der Waals surface area contributed by atoms with Gasteiger partial charge >= 0.3 is 11.7 Å². The maximum Gasteiger partial charge on any atom is 0.330 e. The van der Waals surface area contributed by atoms with E-state index in [4.69, 9.17) is 10.5 Å². The van der Waals surface area contributed by atoms with Crippen LogP contribution in [0.15, 0.2) is 38.6 Å². The van der Waals surface area contributed by atoms with Crippen LogP contribution in [-0.4, -0.2) is 44.8 Å². The average molecular weight is 485 g/mol. The number of nitrogens with zero attached hydrogens (tertiary/aromatic N) is 3. The molecule has 0 saturated carbocycles. The number of aromatic amines is 2. The number of rotatable bonds is 10. The van der Waals surface area contributed by atoms with Gasteiger partial charge in [0.1, 0.15) is 5.82 Å². The minimum atomic E-state index is -0.792. The van der Waals surface area contributed by atoms with E-state index >= 15 is 0 Å². The molecule has 3 rings (SSSR count). The van der Waals surface area contributed by atoms with Gasteiger partial charge in [-0.3, -0.25) is 28.7 Å². The Morgan fingerprint density at radius 1 is 1.09 bits per heavy atom. The van der Waals surface area contributed by atoms with Gasteiger partial charge in [-0.2, -0.15) is 5.10 Å². The lowest BCUT2D eigenvalue weighted by Gasteiger charge is -2.24. The van der Waals surface area contributed by atoms with Crippen LogP contribution in [0.2, 0.25) is 0 Å². The number of hydrogen-bond donors (Lipinski definition) is 3. The molecule has 0 unspecified atom stereocenters. The number of fused-ring (bicyclic) bond motifs is 1. The number of anilines is 2. The lowest BCUT2D eigenvalue weighted by molar-refractivity contribution is -0.147. The molecule has 12 heteroatoms. The summed E-state index contributed by atoms with van der Waals surface area (Å²) in [7, 11) is 0. The van der Waals surface area contributed by atoms with Crippen LogP contribution < -0.4 is 27.4 Å². The van der Waals surface area contributed by atoms with E-state index in [9.17, 15) is 24.0 Å². The molecule has 0 spiro atoms. The van der Waals surface area contributed by atoms with Gasteiger partial charge in [-0.05, 0) is 18.9 Å². The molecule has 1 aromatic carbocycles. The number of hydrogen-bond acceptors (Lipinski definition) is 8. The molecule has 2 heterocycles. The smallest absolute Gasteiger partial charge is 0.330 e. The number of ether oxygens (including phenoxy) is 1. The summed E-state index contributed by atoms with van der Waals surface area (Å²) >= 11 is 0. The average Bonchev–Trinajstić information content (AvgIpc) is 2.84. The maximum absolute atomic E-state index is 13.0. The second-order valence-corrected chi connectivity index (χ2v) is 7.93. The van der Waals surface area contributed by atoms with Crippen molar-refractivity contribution in [2.75, 3.05) is 23.8 Å². The summed E-state index contributed by atoms with van der Waals surface area (Å²) in [4.78, 5) is 65.5. The molecule has 12 nitrogen and oxygen atoms in total. The molecule has 35 heavy (non-hydrogen) atoms. The Balaban J connectivity index is 1.80. The number of nitrogen functional groups attached to an aromatic ring is 1. The molecular weight excluding hydrogens is 456 g/mol. The van der Waals surface area contributed by atoms with Gasteiger partial charge in [-0.15, -0.1) is 0 Å². The van der Waals surface area contributed by atoms with Crippen molar-refractivity contribution in [2.24, 2.45) is 0 Å². The molecule has 186 valence electrons. The van der Waals surface area contributed by atoms with Crippen LogP contribution >= 0.6 is 0 Å². The first kappa shape index (κ1) is 25.4. The molecule has 0 bridgehead atoms. The highest BCUT2D eigenvalue weighted by Crippen LogP contribution is 2.18. The fourth-order valence-electron chi connectivity index (χ4n) is 3.68. The minimum Gasteiger partial charge on any atom is -0.455 e. The summed E-state index contributed by atoms with van der Waals surface area (Å²) in [6.07, 6.45) is 1.59. The fraction of sp³-hybridized carbons (Fsp3) is 0.391. The number of amides is 1. The highest BCUT2D eigenvalue weighted by atomic mass is 16.5. The predicted molar refractivity (Wildman–Crippen MR) is 130 cm³/mol. The van der Waals surface area contributed by atoms with Crippen molar-refractivity contribution < 1.29 is 14.3 Å². The zero-order valence-corrected chi connectivity index (χ0v) is 19.6. The molecule has 0 aliphatic carbocycles.